The predicted molar refractivity (Wildman–Crippen MR) is 125 cm³/mol. The first-order chi connectivity index (χ1) is 15.6. The SMILES string of the molecule is COc1ccc(C(=O)Nc2cc(-c3cc(N4CCC(CO)CC4)ncc3Cl)ccn2)cc1. The molecule has 1 aliphatic rings. The molecule has 1 amide bonds. The molecule has 0 bridgehead atoms. The molecule has 1 fully saturated rings. The van der Waals surface area contributed by atoms with Gasteiger partial charge in [0, 0.05) is 43.2 Å². The smallest absolute Gasteiger partial charge is 0.256 e. The van der Waals surface area contributed by atoms with Gasteiger partial charge in [0.05, 0.1) is 12.1 Å². The minimum Gasteiger partial charge on any atom is -0.497 e. The quantitative estimate of drug-likeness (QED) is 0.580. The number of aliphatic hydroxyl groups is 1. The van der Waals surface area contributed by atoms with Gasteiger partial charge in [-0.2, -0.15) is 0 Å². The molecule has 1 saturated heterocycles. The number of carbonyl (C=O) groups is 1. The summed E-state index contributed by atoms with van der Waals surface area (Å²) in [7, 11) is 1.58. The van der Waals surface area contributed by atoms with E-state index < -0.39 is 0 Å². The third-order valence-corrected chi connectivity index (χ3v) is 6.00. The summed E-state index contributed by atoms with van der Waals surface area (Å²) >= 11 is 6.46. The van der Waals surface area contributed by atoms with Gasteiger partial charge in [0.2, 0.25) is 0 Å². The number of aromatic nitrogens is 2. The Hall–Kier alpha value is -3.16. The van der Waals surface area contributed by atoms with Gasteiger partial charge in [0.25, 0.3) is 5.91 Å². The first-order valence-corrected chi connectivity index (χ1v) is 10.9. The number of nitrogens with one attached hydrogen (secondary N) is 1. The number of aliphatic hydroxyl groups excluding tert-OH is 1. The summed E-state index contributed by atoms with van der Waals surface area (Å²) in [5.41, 5.74) is 2.17. The standard InChI is InChI=1S/C24H25ClN4O3/c1-32-19-4-2-17(3-5-19)24(31)28-22-12-18(6-9-26-22)20-13-23(27-14-21(20)25)29-10-7-16(15-30)8-11-29/h2-6,9,12-14,16,30H,7-8,10-11,15H2,1H3,(H,26,28,31). The normalized spacial score (nSPS) is 14.3. The van der Waals surface area contributed by atoms with E-state index in [0.29, 0.717) is 28.1 Å². The minimum absolute atomic E-state index is 0.231. The molecule has 1 aliphatic heterocycles. The average Bonchev–Trinajstić information content (AvgIpc) is 2.84. The molecule has 4 rings (SSSR count). The number of piperidine rings is 1. The van der Waals surface area contributed by atoms with Gasteiger partial charge >= 0.3 is 0 Å². The Balaban J connectivity index is 1.53. The number of amides is 1. The maximum absolute atomic E-state index is 12.6. The number of nitrogens with zero attached hydrogens (tertiary/aromatic N) is 3. The molecule has 8 heteroatoms. The summed E-state index contributed by atoms with van der Waals surface area (Å²) in [6.07, 6.45) is 5.17. The zero-order valence-electron chi connectivity index (χ0n) is 17.8. The first kappa shape index (κ1) is 22.0. The molecule has 0 aliphatic carbocycles. The van der Waals surface area contributed by atoms with Crippen molar-refractivity contribution in [3.8, 4) is 16.9 Å². The number of hydrogen-bond donors (Lipinski definition) is 2. The van der Waals surface area contributed by atoms with E-state index in [9.17, 15) is 9.90 Å². The molecule has 0 atom stereocenters. The van der Waals surface area contributed by atoms with Gasteiger partial charge in [-0.15, -0.1) is 0 Å². The molecule has 166 valence electrons. The highest BCUT2D eigenvalue weighted by atomic mass is 35.5. The summed E-state index contributed by atoms with van der Waals surface area (Å²) in [6.45, 7) is 1.92. The van der Waals surface area contributed by atoms with Crippen LogP contribution in [-0.4, -0.2) is 47.8 Å². The van der Waals surface area contributed by atoms with Crippen LogP contribution in [0, 0.1) is 5.92 Å². The lowest BCUT2D eigenvalue weighted by molar-refractivity contribution is 0.102. The number of rotatable bonds is 6. The van der Waals surface area contributed by atoms with Crippen LogP contribution in [0.4, 0.5) is 11.6 Å². The van der Waals surface area contributed by atoms with Crippen molar-refractivity contribution in [3.63, 3.8) is 0 Å². The molecular formula is C24H25ClN4O3. The van der Waals surface area contributed by atoms with E-state index in [0.717, 1.165) is 42.9 Å². The predicted octanol–water partition coefficient (Wildman–Crippen LogP) is 4.27. The van der Waals surface area contributed by atoms with Gasteiger partial charge in [-0.1, -0.05) is 11.6 Å². The van der Waals surface area contributed by atoms with Crippen molar-refractivity contribution in [1.29, 1.82) is 0 Å². The van der Waals surface area contributed by atoms with Crippen molar-refractivity contribution in [2.75, 3.05) is 37.0 Å². The van der Waals surface area contributed by atoms with Crippen LogP contribution in [0.5, 0.6) is 5.75 Å². The van der Waals surface area contributed by atoms with Crippen LogP contribution in [0.15, 0.2) is 54.9 Å². The van der Waals surface area contributed by atoms with Crippen molar-refractivity contribution in [2.24, 2.45) is 5.92 Å². The lowest BCUT2D eigenvalue weighted by atomic mass is 9.98. The molecule has 0 radical (unpaired) electrons. The second kappa shape index (κ2) is 9.97. The van der Waals surface area contributed by atoms with Gasteiger partial charge in [0.1, 0.15) is 17.4 Å². The van der Waals surface area contributed by atoms with Crippen LogP contribution >= 0.6 is 11.6 Å². The highest BCUT2D eigenvalue weighted by molar-refractivity contribution is 6.33. The third kappa shape index (κ3) is 5.00. The van der Waals surface area contributed by atoms with E-state index in [-0.39, 0.29) is 12.5 Å². The molecule has 1 aromatic carbocycles. The molecule has 2 aromatic heterocycles. The fourth-order valence-corrected chi connectivity index (χ4v) is 3.98. The maximum Gasteiger partial charge on any atom is 0.256 e. The lowest BCUT2D eigenvalue weighted by Crippen LogP contribution is -2.35. The van der Waals surface area contributed by atoms with Crippen LogP contribution in [-0.2, 0) is 0 Å². The van der Waals surface area contributed by atoms with Crippen molar-refractivity contribution in [2.45, 2.75) is 12.8 Å². The molecular weight excluding hydrogens is 428 g/mol. The Labute approximate surface area is 192 Å². The van der Waals surface area contributed by atoms with Crippen LogP contribution in [0.3, 0.4) is 0 Å². The molecule has 0 saturated carbocycles. The number of benzene rings is 1. The van der Waals surface area contributed by atoms with Crippen LogP contribution in [0.1, 0.15) is 23.2 Å². The minimum atomic E-state index is -0.259. The molecule has 0 spiro atoms. The van der Waals surface area contributed by atoms with Crippen LogP contribution in [0.2, 0.25) is 5.02 Å². The topological polar surface area (TPSA) is 87.6 Å². The molecule has 2 N–H and O–H groups in total. The average molecular weight is 453 g/mol. The maximum atomic E-state index is 12.6. The van der Waals surface area contributed by atoms with Crippen molar-refractivity contribution >= 4 is 29.1 Å². The second-order valence-electron chi connectivity index (χ2n) is 7.75. The molecule has 3 heterocycles. The fourth-order valence-electron chi connectivity index (χ4n) is 3.76. The molecule has 3 aromatic rings. The first-order valence-electron chi connectivity index (χ1n) is 10.5. The Kier molecular flexibility index (Phi) is 6.87. The Bertz CT molecular complexity index is 1080. The Morgan fingerprint density at radius 2 is 1.94 bits per heavy atom. The number of pyridine rings is 2. The number of hydrogen-bond acceptors (Lipinski definition) is 6. The van der Waals surface area contributed by atoms with Crippen molar-refractivity contribution < 1.29 is 14.6 Å². The largest absolute Gasteiger partial charge is 0.497 e. The van der Waals surface area contributed by atoms with Gasteiger partial charge in [0.15, 0.2) is 0 Å². The Morgan fingerprint density at radius 1 is 1.19 bits per heavy atom. The van der Waals surface area contributed by atoms with E-state index in [4.69, 9.17) is 16.3 Å². The number of anilines is 2. The van der Waals surface area contributed by atoms with Crippen molar-refractivity contribution in [3.05, 3.63) is 65.4 Å². The van der Waals surface area contributed by atoms with Gasteiger partial charge < -0.3 is 20.1 Å². The summed E-state index contributed by atoms with van der Waals surface area (Å²) in [4.78, 5) is 23.6. The molecule has 32 heavy (non-hydrogen) atoms. The van der Waals surface area contributed by atoms with E-state index in [2.05, 4.69) is 20.2 Å². The zero-order valence-corrected chi connectivity index (χ0v) is 18.5. The third-order valence-electron chi connectivity index (χ3n) is 5.70. The van der Waals surface area contributed by atoms with Crippen molar-refractivity contribution in [1.82, 2.24) is 9.97 Å². The summed E-state index contributed by atoms with van der Waals surface area (Å²) in [6, 6.07) is 12.5. The lowest BCUT2D eigenvalue weighted by Gasteiger charge is -2.32. The highest BCUT2D eigenvalue weighted by Gasteiger charge is 2.20. The summed E-state index contributed by atoms with van der Waals surface area (Å²) < 4.78 is 5.13. The summed E-state index contributed by atoms with van der Waals surface area (Å²) in [5.74, 6) is 2.06. The monoisotopic (exact) mass is 452 g/mol. The highest BCUT2D eigenvalue weighted by Crippen LogP contribution is 2.32. The zero-order chi connectivity index (χ0) is 22.5. The van der Waals surface area contributed by atoms with E-state index in [1.54, 1.807) is 49.8 Å². The fraction of sp³-hybridized carbons (Fsp3) is 0.292. The van der Waals surface area contributed by atoms with Gasteiger partial charge in [-0.3, -0.25) is 4.79 Å². The van der Waals surface area contributed by atoms with E-state index in [1.807, 2.05) is 12.1 Å². The van der Waals surface area contributed by atoms with E-state index >= 15 is 0 Å². The van der Waals surface area contributed by atoms with Gasteiger partial charge in [-0.25, -0.2) is 9.97 Å². The number of methoxy groups -OCH3 is 1. The van der Waals surface area contributed by atoms with Crippen LogP contribution in [0.25, 0.3) is 11.1 Å². The van der Waals surface area contributed by atoms with E-state index in [1.165, 1.54) is 0 Å². The molecule has 7 nitrogen and oxygen atoms in total. The number of ether oxygens (including phenoxy) is 1. The molecule has 0 unspecified atom stereocenters. The second-order valence-corrected chi connectivity index (χ2v) is 8.15. The Morgan fingerprint density at radius 3 is 2.62 bits per heavy atom. The summed E-state index contributed by atoms with van der Waals surface area (Å²) in [5, 5.41) is 12.7. The van der Waals surface area contributed by atoms with Crippen LogP contribution < -0.4 is 15.0 Å². The number of halogens is 1. The number of carbonyl (C=O) groups excluding carboxylic acids is 1. The van der Waals surface area contributed by atoms with Gasteiger partial charge in [-0.05, 0) is 66.8 Å².